The van der Waals surface area contributed by atoms with Crippen molar-refractivity contribution in [3.63, 3.8) is 0 Å². The van der Waals surface area contributed by atoms with Crippen LogP contribution in [0.2, 0.25) is 5.15 Å². The standard InChI is InChI=1S/C13H9BrClNO3/c1-7-2-3-9(14)6-10(7)19-12-5-8(13(17)18)4-11(15)16-12/h2-6H,1H3,(H,17,18). The molecule has 0 amide bonds. The molecule has 2 rings (SSSR count). The number of carbonyl (C=O) groups is 1. The molecule has 1 N–H and O–H groups in total. The van der Waals surface area contributed by atoms with Crippen molar-refractivity contribution < 1.29 is 14.6 Å². The number of aromatic nitrogens is 1. The summed E-state index contributed by atoms with van der Waals surface area (Å²) in [6.45, 7) is 1.88. The Labute approximate surface area is 123 Å². The van der Waals surface area contributed by atoms with E-state index in [9.17, 15) is 4.79 Å². The van der Waals surface area contributed by atoms with Crippen molar-refractivity contribution in [3.8, 4) is 11.6 Å². The maximum absolute atomic E-state index is 10.9. The first kappa shape index (κ1) is 13.8. The van der Waals surface area contributed by atoms with Crippen LogP contribution in [0.15, 0.2) is 34.8 Å². The topological polar surface area (TPSA) is 59.4 Å². The summed E-state index contributed by atoms with van der Waals surface area (Å²) in [7, 11) is 0. The van der Waals surface area contributed by atoms with E-state index in [0.29, 0.717) is 5.75 Å². The highest BCUT2D eigenvalue weighted by atomic mass is 79.9. The van der Waals surface area contributed by atoms with Crippen molar-refractivity contribution in [1.82, 2.24) is 4.98 Å². The van der Waals surface area contributed by atoms with Crippen LogP contribution < -0.4 is 4.74 Å². The van der Waals surface area contributed by atoms with E-state index in [1.165, 1.54) is 12.1 Å². The average Bonchev–Trinajstić information content (AvgIpc) is 2.33. The zero-order valence-corrected chi connectivity index (χ0v) is 12.2. The molecule has 2 aromatic rings. The van der Waals surface area contributed by atoms with E-state index in [2.05, 4.69) is 20.9 Å². The number of nitrogens with zero attached hydrogens (tertiary/aromatic N) is 1. The number of hydrogen-bond acceptors (Lipinski definition) is 3. The number of ether oxygens (including phenoxy) is 1. The molecule has 1 aromatic carbocycles. The first-order chi connectivity index (χ1) is 8.95. The SMILES string of the molecule is Cc1ccc(Br)cc1Oc1cc(C(=O)O)cc(Cl)n1. The number of carboxylic acids is 1. The molecule has 1 aromatic heterocycles. The molecule has 6 heteroatoms. The number of aromatic carboxylic acids is 1. The Balaban J connectivity index is 2.38. The van der Waals surface area contributed by atoms with E-state index >= 15 is 0 Å². The van der Waals surface area contributed by atoms with Gasteiger partial charge in [0.2, 0.25) is 5.88 Å². The van der Waals surface area contributed by atoms with Gasteiger partial charge in [-0.05, 0) is 30.7 Å². The Hall–Kier alpha value is -1.59. The quantitative estimate of drug-likeness (QED) is 0.845. The van der Waals surface area contributed by atoms with Crippen LogP contribution in [0.3, 0.4) is 0 Å². The van der Waals surface area contributed by atoms with E-state index in [1.807, 2.05) is 19.1 Å². The molecule has 0 aliphatic rings. The molecule has 0 radical (unpaired) electrons. The Morgan fingerprint density at radius 2 is 2.11 bits per heavy atom. The summed E-state index contributed by atoms with van der Waals surface area (Å²) < 4.78 is 6.43. The maximum Gasteiger partial charge on any atom is 0.335 e. The summed E-state index contributed by atoms with van der Waals surface area (Å²) >= 11 is 9.11. The smallest absolute Gasteiger partial charge is 0.335 e. The summed E-state index contributed by atoms with van der Waals surface area (Å²) in [5.74, 6) is -0.355. The summed E-state index contributed by atoms with van der Waals surface area (Å²) in [6, 6.07) is 8.13. The van der Waals surface area contributed by atoms with Gasteiger partial charge in [-0.3, -0.25) is 0 Å². The summed E-state index contributed by atoms with van der Waals surface area (Å²) in [5, 5.41) is 9.02. The lowest BCUT2D eigenvalue weighted by molar-refractivity contribution is 0.0696. The number of benzene rings is 1. The van der Waals surface area contributed by atoms with Crippen molar-refractivity contribution >= 4 is 33.5 Å². The lowest BCUT2D eigenvalue weighted by Crippen LogP contribution is -1.99. The third-order valence-corrected chi connectivity index (χ3v) is 3.07. The lowest BCUT2D eigenvalue weighted by Gasteiger charge is -2.09. The van der Waals surface area contributed by atoms with Gasteiger partial charge in [0.15, 0.2) is 0 Å². The van der Waals surface area contributed by atoms with Crippen molar-refractivity contribution in [2.24, 2.45) is 0 Å². The minimum absolute atomic E-state index is 0.0302. The molecule has 0 saturated carbocycles. The molecule has 4 nitrogen and oxygen atoms in total. The predicted molar refractivity (Wildman–Crippen MR) is 75.2 cm³/mol. The molecule has 0 aliphatic carbocycles. The molecule has 98 valence electrons. The van der Waals surface area contributed by atoms with Crippen LogP contribution in [0.4, 0.5) is 0 Å². The Morgan fingerprint density at radius 1 is 1.37 bits per heavy atom. The number of pyridine rings is 1. The highest BCUT2D eigenvalue weighted by Crippen LogP contribution is 2.28. The van der Waals surface area contributed by atoms with Crippen molar-refractivity contribution in [2.45, 2.75) is 6.92 Å². The summed E-state index contributed by atoms with van der Waals surface area (Å²) in [5.41, 5.74) is 0.935. The van der Waals surface area contributed by atoms with Gasteiger partial charge in [-0.1, -0.05) is 33.6 Å². The third kappa shape index (κ3) is 3.45. The summed E-state index contributed by atoms with van der Waals surface area (Å²) in [6.07, 6.45) is 0. The molecule has 19 heavy (non-hydrogen) atoms. The second-order valence-corrected chi connectivity index (χ2v) is 5.14. The molecule has 0 aliphatic heterocycles. The fourth-order valence-electron chi connectivity index (χ4n) is 1.45. The Kier molecular flexibility index (Phi) is 4.07. The van der Waals surface area contributed by atoms with Crippen molar-refractivity contribution in [1.29, 1.82) is 0 Å². The van der Waals surface area contributed by atoms with Gasteiger partial charge in [-0.25, -0.2) is 9.78 Å². The number of carboxylic acid groups (broad SMARTS) is 1. The second-order valence-electron chi connectivity index (χ2n) is 3.83. The zero-order chi connectivity index (χ0) is 14.0. The molecule has 0 saturated heterocycles. The van der Waals surface area contributed by atoms with Gasteiger partial charge >= 0.3 is 5.97 Å². The fraction of sp³-hybridized carbons (Fsp3) is 0.0769. The van der Waals surface area contributed by atoms with Crippen LogP contribution >= 0.6 is 27.5 Å². The maximum atomic E-state index is 10.9. The molecular formula is C13H9BrClNO3. The van der Waals surface area contributed by atoms with Crippen LogP contribution in [0, 0.1) is 6.92 Å². The zero-order valence-electron chi connectivity index (χ0n) is 9.85. The van der Waals surface area contributed by atoms with Gasteiger partial charge in [0, 0.05) is 10.5 Å². The predicted octanol–water partition coefficient (Wildman–Crippen LogP) is 4.30. The van der Waals surface area contributed by atoms with Gasteiger partial charge < -0.3 is 9.84 Å². The van der Waals surface area contributed by atoms with Crippen LogP contribution in [-0.4, -0.2) is 16.1 Å². The van der Waals surface area contributed by atoms with Gasteiger partial charge in [0.05, 0.1) is 5.56 Å². The van der Waals surface area contributed by atoms with Crippen LogP contribution in [0.1, 0.15) is 15.9 Å². The van der Waals surface area contributed by atoms with Crippen LogP contribution in [-0.2, 0) is 0 Å². The highest BCUT2D eigenvalue weighted by molar-refractivity contribution is 9.10. The Morgan fingerprint density at radius 3 is 2.79 bits per heavy atom. The van der Waals surface area contributed by atoms with E-state index in [1.54, 1.807) is 6.07 Å². The van der Waals surface area contributed by atoms with Gasteiger partial charge in [-0.2, -0.15) is 0 Å². The molecule has 0 atom stereocenters. The number of hydrogen-bond donors (Lipinski definition) is 1. The monoisotopic (exact) mass is 341 g/mol. The van der Waals surface area contributed by atoms with Crippen molar-refractivity contribution in [2.75, 3.05) is 0 Å². The van der Waals surface area contributed by atoms with E-state index < -0.39 is 5.97 Å². The molecule has 1 heterocycles. The molecule has 0 unspecified atom stereocenters. The minimum atomic E-state index is -1.08. The number of aryl methyl sites for hydroxylation is 1. The van der Waals surface area contributed by atoms with Gasteiger partial charge in [-0.15, -0.1) is 0 Å². The molecule has 0 bridgehead atoms. The van der Waals surface area contributed by atoms with Crippen LogP contribution in [0.25, 0.3) is 0 Å². The number of halogens is 2. The fourth-order valence-corrected chi connectivity index (χ4v) is 1.99. The highest BCUT2D eigenvalue weighted by Gasteiger charge is 2.10. The van der Waals surface area contributed by atoms with Crippen LogP contribution in [0.5, 0.6) is 11.6 Å². The van der Waals surface area contributed by atoms with E-state index in [4.69, 9.17) is 21.4 Å². The number of rotatable bonds is 3. The first-order valence-corrected chi connectivity index (χ1v) is 6.47. The largest absolute Gasteiger partial charge is 0.478 e. The average molecular weight is 343 g/mol. The molecule has 0 fully saturated rings. The van der Waals surface area contributed by atoms with Gasteiger partial charge in [0.1, 0.15) is 10.9 Å². The first-order valence-electron chi connectivity index (χ1n) is 5.30. The second kappa shape index (κ2) is 5.59. The van der Waals surface area contributed by atoms with E-state index in [0.717, 1.165) is 10.0 Å². The normalized spacial score (nSPS) is 10.3. The minimum Gasteiger partial charge on any atom is -0.478 e. The molecular weight excluding hydrogens is 334 g/mol. The summed E-state index contributed by atoms with van der Waals surface area (Å²) in [4.78, 5) is 14.9. The third-order valence-electron chi connectivity index (χ3n) is 2.38. The Bertz CT molecular complexity index is 646. The van der Waals surface area contributed by atoms with Crippen molar-refractivity contribution in [3.05, 3.63) is 51.1 Å². The molecule has 0 spiro atoms. The van der Waals surface area contributed by atoms with E-state index in [-0.39, 0.29) is 16.6 Å². The lowest BCUT2D eigenvalue weighted by atomic mass is 10.2. The van der Waals surface area contributed by atoms with Gasteiger partial charge in [0.25, 0.3) is 0 Å².